The molecule has 0 radical (unpaired) electrons. The van der Waals surface area contributed by atoms with Gasteiger partial charge in [-0.2, -0.15) is 0 Å². The van der Waals surface area contributed by atoms with Gasteiger partial charge in [-0.3, -0.25) is 9.69 Å². The Balaban J connectivity index is 1.55. The molecule has 1 aromatic heterocycles. The molecule has 2 aliphatic rings. The smallest absolute Gasteiger partial charge is 0.411 e. The molecule has 0 spiro atoms. The summed E-state index contributed by atoms with van der Waals surface area (Å²) in [5.74, 6) is 0.170. The van der Waals surface area contributed by atoms with Crippen LogP contribution in [0.2, 0.25) is 0 Å². The van der Waals surface area contributed by atoms with Crippen LogP contribution in [0.3, 0.4) is 0 Å². The van der Waals surface area contributed by atoms with Gasteiger partial charge in [-0.1, -0.05) is 55.5 Å². The van der Waals surface area contributed by atoms with Gasteiger partial charge in [0.05, 0.1) is 11.2 Å². The molecule has 1 saturated heterocycles. The van der Waals surface area contributed by atoms with Gasteiger partial charge in [0.15, 0.2) is 5.78 Å². The predicted molar refractivity (Wildman–Crippen MR) is 115 cm³/mol. The predicted octanol–water partition coefficient (Wildman–Crippen LogP) is 5.56. The van der Waals surface area contributed by atoms with Crippen molar-refractivity contribution in [3.05, 3.63) is 71.9 Å². The van der Waals surface area contributed by atoms with Crippen molar-refractivity contribution in [3.63, 3.8) is 0 Å². The lowest BCUT2D eigenvalue weighted by Crippen LogP contribution is -2.54. The van der Waals surface area contributed by atoms with Crippen LogP contribution < -0.4 is 0 Å². The van der Waals surface area contributed by atoms with Crippen LogP contribution in [-0.4, -0.2) is 27.9 Å². The van der Waals surface area contributed by atoms with Crippen LogP contribution in [0.25, 0.3) is 10.9 Å². The molecular formula is C25H26N2O3. The standard InChI is InChI=1S/C25H26N2O3/c1-2-25-13-8-14-26(24(29)30-17-18-9-4-3-5-10-18)23(25)27-20-12-7-6-11-19(20)15-21(27)22(28)16-25/h3-7,9-12,15,23H,2,8,13-14,16-17H2,1H3/t23-,25+/m0/s1. The summed E-state index contributed by atoms with van der Waals surface area (Å²) in [6.07, 6.45) is 2.64. The first kappa shape index (κ1) is 18.9. The molecule has 3 aromatic rings. The van der Waals surface area contributed by atoms with Crippen LogP contribution in [0.5, 0.6) is 0 Å². The molecule has 2 aliphatic heterocycles. The van der Waals surface area contributed by atoms with E-state index in [9.17, 15) is 9.59 Å². The summed E-state index contributed by atoms with van der Waals surface area (Å²) in [4.78, 5) is 28.2. The third-order valence-electron chi connectivity index (χ3n) is 6.85. The first-order valence-corrected chi connectivity index (χ1v) is 10.7. The largest absolute Gasteiger partial charge is 0.444 e. The van der Waals surface area contributed by atoms with Crippen molar-refractivity contribution in [1.82, 2.24) is 9.47 Å². The summed E-state index contributed by atoms with van der Waals surface area (Å²) in [7, 11) is 0. The van der Waals surface area contributed by atoms with E-state index in [0.717, 1.165) is 35.7 Å². The van der Waals surface area contributed by atoms with Gasteiger partial charge in [0.1, 0.15) is 12.8 Å². The molecule has 0 N–H and O–H groups in total. The summed E-state index contributed by atoms with van der Waals surface area (Å²) < 4.78 is 7.83. The fourth-order valence-electron chi connectivity index (χ4n) is 5.32. The highest BCUT2D eigenvalue weighted by Gasteiger charge is 2.52. The number of hydrogen-bond acceptors (Lipinski definition) is 3. The Morgan fingerprint density at radius 2 is 1.90 bits per heavy atom. The lowest BCUT2D eigenvalue weighted by atomic mass is 9.69. The van der Waals surface area contributed by atoms with Gasteiger partial charge < -0.3 is 9.30 Å². The van der Waals surface area contributed by atoms with Crippen LogP contribution in [0.15, 0.2) is 60.7 Å². The summed E-state index contributed by atoms with van der Waals surface area (Å²) >= 11 is 0. The van der Waals surface area contributed by atoms with Gasteiger partial charge in [0.25, 0.3) is 0 Å². The monoisotopic (exact) mass is 402 g/mol. The number of ketones is 1. The molecule has 2 aromatic carbocycles. The van der Waals surface area contributed by atoms with Crippen molar-refractivity contribution >= 4 is 22.8 Å². The summed E-state index contributed by atoms with van der Waals surface area (Å²) in [5, 5.41) is 1.04. The number of ether oxygens (including phenoxy) is 1. The van der Waals surface area contributed by atoms with Gasteiger partial charge >= 0.3 is 6.09 Å². The average molecular weight is 402 g/mol. The number of likely N-dealkylation sites (tertiary alicyclic amines) is 1. The van der Waals surface area contributed by atoms with E-state index in [0.29, 0.717) is 18.7 Å². The van der Waals surface area contributed by atoms with Crippen molar-refractivity contribution < 1.29 is 14.3 Å². The summed E-state index contributed by atoms with van der Waals surface area (Å²) in [5.41, 5.74) is 2.42. The summed E-state index contributed by atoms with van der Waals surface area (Å²) in [6.45, 7) is 3.02. The topological polar surface area (TPSA) is 51.5 Å². The SMILES string of the molecule is CC[C@]12CCCN(C(=O)OCc3ccccc3)[C@H]1n1c(cc3ccccc31)C(=O)C2. The van der Waals surface area contributed by atoms with E-state index in [4.69, 9.17) is 4.74 Å². The minimum Gasteiger partial charge on any atom is -0.444 e. The van der Waals surface area contributed by atoms with E-state index < -0.39 is 0 Å². The molecule has 1 fully saturated rings. The summed E-state index contributed by atoms with van der Waals surface area (Å²) in [6, 6.07) is 19.8. The van der Waals surface area contributed by atoms with E-state index in [2.05, 4.69) is 11.5 Å². The lowest BCUT2D eigenvalue weighted by molar-refractivity contribution is -0.0413. The van der Waals surface area contributed by atoms with E-state index in [1.165, 1.54) is 0 Å². The van der Waals surface area contributed by atoms with Gasteiger partial charge in [0, 0.05) is 23.8 Å². The molecule has 1 amide bonds. The second-order valence-corrected chi connectivity index (χ2v) is 8.49. The maximum atomic E-state index is 13.2. The molecule has 5 nitrogen and oxygen atoms in total. The van der Waals surface area contributed by atoms with Crippen LogP contribution in [0.1, 0.15) is 54.8 Å². The number of para-hydroxylation sites is 1. The van der Waals surface area contributed by atoms with Crippen molar-refractivity contribution in [2.24, 2.45) is 5.41 Å². The van der Waals surface area contributed by atoms with E-state index >= 15 is 0 Å². The number of aromatic nitrogens is 1. The molecular weight excluding hydrogens is 376 g/mol. The zero-order valence-corrected chi connectivity index (χ0v) is 17.2. The van der Waals surface area contributed by atoms with Crippen molar-refractivity contribution in [2.45, 2.75) is 45.4 Å². The van der Waals surface area contributed by atoms with Gasteiger partial charge in [-0.05, 0) is 37.0 Å². The molecule has 2 atom stereocenters. The van der Waals surface area contributed by atoms with E-state index in [1.807, 2.05) is 65.6 Å². The minimum atomic E-state index is -0.306. The molecule has 0 aliphatic carbocycles. The Hall–Kier alpha value is -3.08. The molecule has 0 unspecified atom stereocenters. The molecule has 30 heavy (non-hydrogen) atoms. The highest BCUT2D eigenvalue weighted by Crippen LogP contribution is 2.53. The molecule has 0 saturated carbocycles. The Morgan fingerprint density at radius 1 is 1.13 bits per heavy atom. The van der Waals surface area contributed by atoms with Gasteiger partial charge in [0.2, 0.25) is 0 Å². The number of carbonyl (C=O) groups is 2. The highest BCUT2D eigenvalue weighted by molar-refractivity contribution is 6.01. The fraction of sp³-hybridized carbons (Fsp3) is 0.360. The molecule has 0 bridgehead atoms. The van der Waals surface area contributed by atoms with Crippen LogP contribution >= 0.6 is 0 Å². The normalized spacial score (nSPS) is 23.2. The molecule has 3 heterocycles. The minimum absolute atomic E-state index is 0.170. The average Bonchev–Trinajstić information content (AvgIpc) is 3.18. The van der Waals surface area contributed by atoms with Crippen molar-refractivity contribution in [2.75, 3.05) is 6.54 Å². The number of nitrogens with zero attached hydrogens (tertiary/aromatic N) is 2. The van der Waals surface area contributed by atoms with Crippen molar-refractivity contribution in [3.8, 4) is 0 Å². The first-order chi connectivity index (χ1) is 14.6. The number of hydrogen-bond donors (Lipinski definition) is 0. The lowest BCUT2D eigenvalue weighted by Gasteiger charge is -2.52. The zero-order valence-electron chi connectivity index (χ0n) is 17.2. The third kappa shape index (κ3) is 2.92. The Labute approximate surface area is 176 Å². The number of Topliss-reactive ketones (excluding diaryl/α,β-unsaturated/α-hetero) is 1. The highest BCUT2D eigenvalue weighted by atomic mass is 16.6. The number of carbonyl (C=O) groups excluding carboxylic acids is 2. The number of rotatable bonds is 3. The number of benzene rings is 2. The maximum absolute atomic E-state index is 13.2. The quantitative estimate of drug-likeness (QED) is 0.577. The molecule has 5 rings (SSSR count). The number of fused-ring (bicyclic) bond motifs is 5. The first-order valence-electron chi connectivity index (χ1n) is 10.7. The molecule has 154 valence electrons. The van der Waals surface area contributed by atoms with Crippen LogP contribution in [0.4, 0.5) is 4.79 Å². The Bertz CT molecular complexity index is 1100. The third-order valence-corrected chi connectivity index (χ3v) is 6.85. The molecule has 5 heteroatoms. The second kappa shape index (κ2) is 7.31. The second-order valence-electron chi connectivity index (χ2n) is 8.49. The van der Waals surface area contributed by atoms with E-state index in [1.54, 1.807) is 0 Å². The Morgan fingerprint density at radius 3 is 2.70 bits per heavy atom. The van der Waals surface area contributed by atoms with Crippen LogP contribution in [-0.2, 0) is 11.3 Å². The zero-order chi connectivity index (χ0) is 20.7. The van der Waals surface area contributed by atoms with Gasteiger partial charge in [-0.15, -0.1) is 0 Å². The maximum Gasteiger partial charge on any atom is 0.411 e. The number of amides is 1. The van der Waals surface area contributed by atoms with E-state index in [-0.39, 0.29) is 30.1 Å². The number of piperidine rings is 1. The van der Waals surface area contributed by atoms with Crippen molar-refractivity contribution in [1.29, 1.82) is 0 Å². The Kier molecular flexibility index (Phi) is 4.61. The van der Waals surface area contributed by atoms with Crippen LogP contribution in [0, 0.1) is 5.41 Å². The van der Waals surface area contributed by atoms with Gasteiger partial charge in [-0.25, -0.2) is 4.79 Å². The fourth-order valence-corrected chi connectivity index (χ4v) is 5.32.